The number of aryl methyl sites for hydroxylation is 1. The van der Waals surface area contributed by atoms with E-state index >= 15 is 0 Å². The van der Waals surface area contributed by atoms with Gasteiger partial charge in [0.05, 0.1) is 18.9 Å². The Morgan fingerprint density at radius 3 is 2.52 bits per heavy atom. The van der Waals surface area contributed by atoms with Gasteiger partial charge < -0.3 is 9.47 Å². The van der Waals surface area contributed by atoms with Crippen molar-refractivity contribution in [1.29, 1.82) is 0 Å². The molecule has 0 unspecified atom stereocenters. The van der Waals surface area contributed by atoms with E-state index in [1.807, 2.05) is 32.0 Å². The Hall–Kier alpha value is -3.15. The van der Waals surface area contributed by atoms with Crippen molar-refractivity contribution in [3.05, 3.63) is 64.7 Å². The Balaban J connectivity index is 1.84. The number of amides is 1. The molecule has 2 aromatic carbocycles. The minimum Gasteiger partial charge on any atom is -0.483 e. The van der Waals surface area contributed by atoms with E-state index in [2.05, 4.69) is 15.3 Å². The summed E-state index contributed by atoms with van der Waals surface area (Å²) in [5.74, 6) is -0.0822. The number of methoxy groups -OCH3 is 1. The number of hydrogen-bond acceptors (Lipinski definition) is 5. The zero-order valence-electron chi connectivity index (χ0n) is 14.4. The lowest BCUT2D eigenvalue weighted by Crippen LogP contribution is -2.24. The normalized spacial score (nSPS) is 10.5. The smallest absolute Gasteiger partial charge is 0.337 e. The first kappa shape index (κ1) is 18.2. The van der Waals surface area contributed by atoms with Crippen molar-refractivity contribution in [1.82, 2.24) is 5.43 Å². The van der Waals surface area contributed by atoms with Crippen molar-refractivity contribution in [2.45, 2.75) is 13.8 Å². The number of esters is 1. The summed E-state index contributed by atoms with van der Waals surface area (Å²) in [5.41, 5.74) is 5.69. The highest BCUT2D eigenvalue weighted by molar-refractivity contribution is 5.90. The topological polar surface area (TPSA) is 77.0 Å². The van der Waals surface area contributed by atoms with Gasteiger partial charge in [-0.1, -0.05) is 24.3 Å². The molecule has 1 amide bonds. The standard InChI is InChI=1S/C19H20N2O4/c1-13-5-4-6-17(14(13)2)25-12-18(22)21-20-11-15-7-9-16(10-8-15)19(23)24-3/h4-11H,12H2,1-3H3,(H,21,22)/b20-11-. The average molecular weight is 340 g/mol. The molecular formula is C19H20N2O4. The first-order valence-electron chi connectivity index (χ1n) is 7.70. The van der Waals surface area contributed by atoms with Gasteiger partial charge in [0.25, 0.3) is 5.91 Å². The molecule has 0 heterocycles. The number of carbonyl (C=O) groups excluding carboxylic acids is 2. The summed E-state index contributed by atoms with van der Waals surface area (Å²) in [6.07, 6.45) is 1.48. The number of hydrogen-bond donors (Lipinski definition) is 1. The maximum absolute atomic E-state index is 11.8. The maximum Gasteiger partial charge on any atom is 0.337 e. The third kappa shape index (κ3) is 5.17. The number of benzene rings is 2. The van der Waals surface area contributed by atoms with E-state index in [1.165, 1.54) is 13.3 Å². The van der Waals surface area contributed by atoms with Crippen molar-refractivity contribution < 1.29 is 19.1 Å². The molecule has 0 aromatic heterocycles. The lowest BCUT2D eigenvalue weighted by molar-refractivity contribution is -0.123. The fraction of sp³-hybridized carbons (Fsp3) is 0.211. The van der Waals surface area contributed by atoms with Gasteiger partial charge in [-0.25, -0.2) is 10.2 Å². The summed E-state index contributed by atoms with van der Waals surface area (Å²) >= 11 is 0. The summed E-state index contributed by atoms with van der Waals surface area (Å²) in [6.45, 7) is 3.81. The molecule has 6 heteroatoms. The molecule has 0 saturated heterocycles. The van der Waals surface area contributed by atoms with Crippen molar-refractivity contribution in [2.75, 3.05) is 13.7 Å². The molecule has 2 rings (SSSR count). The van der Waals surface area contributed by atoms with Gasteiger partial charge in [-0.3, -0.25) is 4.79 Å². The van der Waals surface area contributed by atoms with Crippen LogP contribution in [0.5, 0.6) is 5.75 Å². The predicted octanol–water partition coefficient (Wildman–Crippen LogP) is 2.62. The van der Waals surface area contributed by atoms with Gasteiger partial charge in [-0.2, -0.15) is 5.10 Å². The highest BCUT2D eigenvalue weighted by Crippen LogP contribution is 2.20. The van der Waals surface area contributed by atoms with E-state index in [0.29, 0.717) is 11.3 Å². The van der Waals surface area contributed by atoms with Crippen LogP contribution in [-0.2, 0) is 9.53 Å². The third-order valence-corrected chi connectivity index (χ3v) is 3.65. The lowest BCUT2D eigenvalue weighted by atomic mass is 10.1. The zero-order valence-corrected chi connectivity index (χ0v) is 14.4. The highest BCUT2D eigenvalue weighted by Gasteiger charge is 2.06. The molecule has 0 radical (unpaired) electrons. The Morgan fingerprint density at radius 1 is 1.12 bits per heavy atom. The number of nitrogens with zero attached hydrogens (tertiary/aromatic N) is 1. The SMILES string of the molecule is COC(=O)c1ccc(/C=N\NC(=O)COc2cccc(C)c2C)cc1. The predicted molar refractivity (Wildman–Crippen MR) is 94.9 cm³/mol. The molecule has 0 aliphatic carbocycles. The van der Waals surface area contributed by atoms with E-state index in [4.69, 9.17) is 4.74 Å². The fourth-order valence-corrected chi connectivity index (χ4v) is 2.06. The minimum atomic E-state index is -0.402. The number of ether oxygens (including phenoxy) is 2. The lowest BCUT2D eigenvalue weighted by Gasteiger charge is -2.09. The van der Waals surface area contributed by atoms with Crippen LogP contribution in [0.25, 0.3) is 0 Å². The maximum atomic E-state index is 11.8. The monoisotopic (exact) mass is 340 g/mol. The molecule has 2 aromatic rings. The first-order chi connectivity index (χ1) is 12.0. The van der Waals surface area contributed by atoms with E-state index in [1.54, 1.807) is 24.3 Å². The quantitative estimate of drug-likeness (QED) is 0.498. The van der Waals surface area contributed by atoms with E-state index in [0.717, 1.165) is 16.7 Å². The second kappa shape index (κ2) is 8.63. The number of carbonyl (C=O) groups is 2. The van der Waals surface area contributed by atoms with Crippen LogP contribution in [0.4, 0.5) is 0 Å². The second-order valence-electron chi connectivity index (χ2n) is 5.39. The van der Waals surface area contributed by atoms with Gasteiger partial charge in [0.15, 0.2) is 6.61 Å². The zero-order chi connectivity index (χ0) is 18.2. The van der Waals surface area contributed by atoms with Crippen molar-refractivity contribution in [3.63, 3.8) is 0 Å². The molecule has 0 spiro atoms. The molecule has 0 saturated carbocycles. The number of rotatable bonds is 6. The summed E-state index contributed by atoms with van der Waals surface area (Å²) in [5, 5.41) is 3.87. The Labute approximate surface area is 146 Å². The Bertz CT molecular complexity index is 783. The van der Waals surface area contributed by atoms with Crippen LogP contribution in [0.15, 0.2) is 47.6 Å². The van der Waals surface area contributed by atoms with E-state index in [9.17, 15) is 9.59 Å². The third-order valence-electron chi connectivity index (χ3n) is 3.65. The van der Waals surface area contributed by atoms with Crippen LogP contribution in [-0.4, -0.2) is 31.8 Å². The van der Waals surface area contributed by atoms with Crippen LogP contribution in [0, 0.1) is 13.8 Å². The van der Waals surface area contributed by atoms with Gasteiger partial charge in [-0.05, 0) is 48.7 Å². The summed E-state index contributed by atoms with van der Waals surface area (Å²) in [7, 11) is 1.33. The summed E-state index contributed by atoms with van der Waals surface area (Å²) in [4.78, 5) is 23.1. The van der Waals surface area contributed by atoms with Crippen molar-refractivity contribution in [3.8, 4) is 5.75 Å². The van der Waals surface area contributed by atoms with E-state index < -0.39 is 5.97 Å². The van der Waals surface area contributed by atoms with E-state index in [-0.39, 0.29) is 12.5 Å². The molecule has 25 heavy (non-hydrogen) atoms. The van der Waals surface area contributed by atoms with Gasteiger partial charge >= 0.3 is 5.97 Å². The molecule has 130 valence electrons. The fourth-order valence-electron chi connectivity index (χ4n) is 2.06. The average Bonchev–Trinajstić information content (AvgIpc) is 2.63. The minimum absolute atomic E-state index is 0.122. The van der Waals surface area contributed by atoms with Crippen LogP contribution >= 0.6 is 0 Å². The number of nitrogens with one attached hydrogen (secondary N) is 1. The second-order valence-corrected chi connectivity index (χ2v) is 5.39. The molecule has 0 bridgehead atoms. The largest absolute Gasteiger partial charge is 0.483 e. The van der Waals surface area contributed by atoms with Crippen molar-refractivity contribution in [2.24, 2.45) is 5.10 Å². The Morgan fingerprint density at radius 2 is 1.84 bits per heavy atom. The number of hydrazone groups is 1. The molecular weight excluding hydrogens is 320 g/mol. The highest BCUT2D eigenvalue weighted by atomic mass is 16.5. The van der Waals surface area contributed by atoms with Gasteiger partial charge in [0.2, 0.25) is 0 Å². The van der Waals surface area contributed by atoms with Crippen molar-refractivity contribution >= 4 is 18.1 Å². The molecule has 0 atom stereocenters. The molecule has 0 aliphatic rings. The summed E-state index contributed by atoms with van der Waals surface area (Å²) < 4.78 is 10.1. The van der Waals surface area contributed by atoms with Crippen LogP contribution < -0.4 is 10.2 Å². The molecule has 0 aliphatic heterocycles. The van der Waals surface area contributed by atoms with Gasteiger partial charge in [0.1, 0.15) is 5.75 Å². The van der Waals surface area contributed by atoms with Crippen LogP contribution in [0.3, 0.4) is 0 Å². The molecule has 0 fully saturated rings. The molecule has 6 nitrogen and oxygen atoms in total. The van der Waals surface area contributed by atoms with Gasteiger partial charge in [0, 0.05) is 0 Å². The van der Waals surface area contributed by atoms with Gasteiger partial charge in [-0.15, -0.1) is 0 Å². The molecule has 1 N–H and O–H groups in total. The Kier molecular flexibility index (Phi) is 6.28. The first-order valence-corrected chi connectivity index (χ1v) is 7.70. The van der Waals surface area contributed by atoms with Crippen LogP contribution in [0.2, 0.25) is 0 Å². The summed E-state index contributed by atoms with van der Waals surface area (Å²) in [6, 6.07) is 12.3. The van der Waals surface area contributed by atoms with Crippen LogP contribution in [0.1, 0.15) is 27.0 Å².